The molecule has 1 aromatic heterocycles. The van der Waals surface area contributed by atoms with E-state index in [-0.39, 0.29) is 11.8 Å². The van der Waals surface area contributed by atoms with Gasteiger partial charge in [-0.25, -0.2) is 4.68 Å². The van der Waals surface area contributed by atoms with Crippen molar-refractivity contribution >= 4 is 17.9 Å². The normalized spacial score (nSPS) is 20.3. The third kappa shape index (κ3) is 4.22. The van der Waals surface area contributed by atoms with Crippen molar-refractivity contribution in [2.75, 3.05) is 32.7 Å². The first kappa shape index (κ1) is 19.3. The van der Waals surface area contributed by atoms with Crippen molar-refractivity contribution in [3.8, 4) is 0 Å². The zero-order chi connectivity index (χ0) is 20.2. The van der Waals surface area contributed by atoms with Gasteiger partial charge in [0.1, 0.15) is 5.69 Å². The van der Waals surface area contributed by atoms with Gasteiger partial charge in [-0.15, -0.1) is 5.10 Å². The maximum Gasteiger partial charge on any atom is 0.260 e. The third-order valence-corrected chi connectivity index (χ3v) is 5.48. The average molecular weight is 394 g/mol. The minimum atomic E-state index is -0.483. The summed E-state index contributed by atoms with van der Waals surface area (Å²) in [5.41, 5.74) is 1.75. The number of piperazine rings is 1. The van der Waals surface area contributed by atoms with Crippen molar-refractivity contribution in [3.05, 3.63) is 53.9 Å². The highest BCUT2D eigenvalue weighted by molar-refractivity contribution is 5.95. The Morgan fingerprint density at radius 3 is 2.79 bits per heavy atom. The van der Waals surface area contributed by atoms with Gasteiger partial charge < -0.3 is 9.80 Å². The number of carbonyl (C=O) groups excluding carboxylic acids is 2. The summed E-state index contributed by atoms with van der Waals surface area (Å²) in [5, 5.41) is 8.24. The number of aromatic nitrogens is 3. The molecule has 152 valence electrons. The second-order valence-corrected chi connectivity index (χ2v) is 7.37. The number of carbonyl (C=O) groups is 2. The Kier molecular flexibility index (Phi) is 5.71. The molecule has 0 spiro atoms. The van der Waals surface area contributed by atoms with Gasteiger partial charge in [0.25, 0.3) is 5.91 Å². The summed E-state index contributed by atoms with van der Waals surface area (Å²) in [5.74, 6) is -0.141. The van der Waals surface area contributed by atoms with Crippen LogP contribution in [0.15, 0.2) is 42.6 Å². The largest absolute Gasteiger partial charge is 0.339 e. The molecule has 2 aliphatic heterocycles. The van der Waals surface area contributed by atoms with E-state index in [1.165, 1.54) is 6.08 Å². The molecular formula is C21H26N6O2. The van der Waals surface area contributed by atoms with Crippen LogP contribution in [0.3, 0.4) is 0 Å². The highest BCUT2D eigenvalue weighted by Gasteiger charge is 2.41. The molecule has 8 nitrogen and oxygen atoms in total. The summed E-state index contributed by atoms with van der Waals surface area (Å²) in [7, 11) is 0. The SMILES string of the molecule is CCN1CCN2CCCN(C(=O)C=Cc3cn(Cc4ccccc4)nn3)C2C1=O. The van der Waals surface area contributed by atoms with Crippen LogP contribution in [0.25, 0.3) is 6.08 Å². The molecule has 2 fully saturated rings. The Balaban J connectivity index is 1.43. The highest BCUT2D eigenvalue weighted by Crippen LogP contribution is 2.21. The predicted molar refractivity (Wildman–Crippen MR) is 109 cm³/mol. The van der Waals surface area contributed by atoms with Crippen molar-refractivity contribution in [1.29, 1.82) is 0 Å². The van der Waals surface area contributed by atoms with Crippen molar-refractivity contribution < 1.29 is 9.59 Å². The van der Waals surface area contributed by atoms with Gasteiger partial charge in [-0.2, -0.15) is 0 Å². The van der Waals surface area contributed by atoms with Crippen molar-refractivity contribution in [2.24, 2.45) is 0 Å². The Bertz CT molecular complexity index is 894. The van der Waals surface area contributed by atoms with Gasteiger partial charge >= 0.3 is 0 Å². The lowest BCUT2D eigenvalue weighted by Gasteiger charge is -2.47. The number of rotatable bonds is 5. The molecule has 0 bridgehead atoms. The molecule has 3 heterocycles. The molecule has 1 aromatic carbocycles. The van der Waals surface area contributed by atoms with Gasteiger partial charge in [-0.3, -0.25) is 14.5 Å². The fraction of sp³-hybridized carbons (Fsp3) is 0.429. The maximum absolute atomic E-state index is 12.9. The van der Waals surface area contributed by atoms with E-state index < -0.39 is 6.17 Å². The van der Waals surface area contributed by atoms with Crippen LogP contribution in [0.2, 0.25) is 0 Å². The van der Waals surface area contributed by atoms with E-state index in [0.29, 0.717) is 25.3 Å². The van der Waals surface area contributed by atoms with Crippen LogP contribution in [-0.4, -0.2) is 80.4 Å². The van der Waals surface area contributed by atoms with Gasteiger partial charge in [0.2, 0.25) is 5.91 Å². The average Bonchev–Trinajstić information content (AvgIpc) is 3.20. The molecule has 2 saturated heterocycles. The molecule has 29 heavy (non-hydrogen) atoms. The van der Waals surface area contributed by atoms with Crippen LogP contribution in [0.1, 0.15) is 24.6 Å². The quantitative estimate of drug-likeness (QED) is 0.709. The van der Waals surface area contributed by atoms with Crippen molar-refractivity contribution in [3.63, 3.8) is 0 Å². The Morgan fingerprint density at radius 1 is 1.17 bits per heavy atom. The Labute approximate surface area is 170 Å². The fourth-order valence-corrected chi connectivity index (χ4v) is 3.97. The molecule has 1 unspecified atom stereocenters. The summed E-state index contributed by atoms with van der Waals surface area (Å²) in [6.07, 6.45) is 5.37. The topological polar surface area (TPSA) is 74.6 Å². The lowest BCUT2D eigenvalue weighted by atomic mass is 10.1. The lowest BCUT2D eigenvalue weighted by molar-refractivity contribution is -0.161. The van der Waals surface area contributed by atoms with Gasteiger partial charge in [-0.05, 0) is 25.0 Å². The van der Waals surface area contributed by atoms with Gasteiger partial charge in [0, 0.05) is 38.8 Å². The van der Waals surface area contributed by atoms with E-state index in [4.69, 9.17) is 0 Å². The fourth-order valence-electron chi connectivity index (χ4n) is 3.97. The number of nitrogens with zero attached hydrogens (tertiary/aromatic N) is 6. The maximum atomic E-state index is 12.9. The predicted octanol–water partition coefficient (Wildman–Crippen LogP) is 1.06. The van der Waals surface area contributed by atoms with Crippen LogP contribution in [0.4, 0.5) is 0 Å². The molecule has 0 radical (unpaired) electrons. The second kappa shape index (κ2) is 8.57. The molecule has 2 aromatic rings. The van der Waals surface area contributed by atoms with E-state index >= 15 is 0 Å². The smallest absolute Gasteiger partial charge is 0.260 e. The first-order valence-corrected chi connectivity index (χ1v) is 10.1. The molecule has 2 aliphatic rings. The van der Waals surface area contributed by atoms with Gasteiger partial charge in [0.05, 0.1) is 12.7 Å². The van der Waals surface area contributed by atoms with Crippen molar-refractivity contribution in [1.82, 2.24) is 29.7 Å². The second-order valence-electron chi connectivity index (χ2n) is 7.37. The molecule has 4 rings (SSSR count). The first-order chi connectivity index (χ1) is 14.2. The Hall–Kier alpha value is -3.00. The number of likely N-dealkylation sites (N-methyl/N-ethyl adjacent to an activating group) is 1. The molecule has 0 saturated carbocycles. The van der Waals surface area contributed by atoms with Crippen LogP contribution >= 0.6 is 0 Å². The van der Waals surface area contributed by atoms with Crippen molar-refractivity contribution in [2.45, 2.75) is 26.1 Å². The lowest BCUT2D eigenvalue weighted by Crippen LogP contribution is -2.67. The van der Waals surface area contributed by atoms with Crippen LogP contribution in [0, 0.1) is 0 Å². The summed E-state index contributed by atoms with van der Waals surface area (Å²) in [6.45, 7) is 6.26. The van der Waals surface area contributed by atoms with Crippen LogP contribution in [0.5, 0.6) is 0 Å². The number of benzene rings is 1. The summed E-state index contributed by atoms with van der Waals surface area (Å²) in [4.78, 5) is 31.3. The summed E-state index contributed by atoms with van der Waals surface area (Å²) in [6, 6.07) is 10.0. The number of amides is 2. The molecule has 0 aliphatic carbocycles. The molecule has 0 N–H and O–H groups in total. The van der Waals surface area contributed by atoms with Gasteiger partial charge in [0.15, 0.2) is 6.17 Å². The van der Waals surface area contributed by atoms with E-state index in [1.54, 1.807) is 15.7 Å². The number of hydrogen-bond acceptors (Lipinski definition) is 5. The minimum absolute atomic E-state index is 0.0222. The highest BCUT2D eigenvalue weighted by atomic mass is 16.2. The molecule has 2 amide bonds. The van der Waals surface area contributed by atoms with Gasteiger partial charge in [-0.1, -0.05) is 35.5 Å². The molecular weight excluding hydrogens is 368 g/mol. The molecule has 1 atom stereocenters. The van der Waals surface area contributed by atoms with E-state index in [2.05, 4.69) is 15.2 Å². The first-order valence-electron chi connectivity index (χ1n) is 10.1. The Morgan fingerprint density at radius 2 is 2.00 bits per heavy atom. The summed E-state index contributed by atoms with van der Waals surface area (Å²) >= 11 is 0. The van der Waals surface area contributed by atoms with Crippen LogP contribution < -0.4 is 0 Å². The monoisotopic (exact) mass is 394 g/mol. The zero-order valence-electron chi connectivity index (χ0n) is 16.6. The zero-order valence-corrected chi connectivity index (χ0v) is 16.6. The third-order valence-electron chi connectivity index (χ3n) is 5.48. The number of fused-ring (bicyclic) bond motifs is 1. The number of hydrogen-bond donors (Lipinski definition) is 0. The molecule has 8 heteroatoms. The van der Waals surface area contributed by atoms with E-state index in [0.717, 1.165) is 31.6 Å². The minimum Gasteiger partial charge on any atom is -0.339 e. The van der Waals surface area contributed by atoms with E-state index in [9.17, 15) is 9.59 Å². The van der Waals surface area contributed by atoms with E-state index in [1.807, 2.05) is 48.4 Å². The van der Waals surface area contributed by atoms with Crippen LogP contribution in [-0.2, 0) is 16.1 Å². The standard InChI is InChI=1S/C21H26N6O2/c1-2-24-13-14-25-11-6-12-27(20(25)21(24)29)19(28)10-9-18-16-26(23-22-18)15-17-7-4-3-5-8-17/h3-5,7-10,16,20H,2,6,11-15H2,1H3. The summed E-state index contributed by atoms with van der Waals surface area (Å²) < 4.78 is 1.74.